The molecule has 0 unspecified atom stereocenters. The van der Waals surface area contributed by atoms with Crippen LogP contribution >= 0.6 is 0 Å². The highest BCUT2D eigenvalue weighted by molar-refractivity contribution is 7.86. The number of hydrogen-bond acceptors (Lipinski definition) is 6. The number of hydrogen-bond donors (Lipinski definition) is 0. The van der Waals surface area contributed by atoms with Gasteiger partial charge in [0, 0.05) is 6.04 Å². The maximum Gasteiger partial charge on any atom is 0.368 e. The predicted octanol–water partition coefficient (Wildman–Crippen LogP) is 1.17. The Labute approximate surface area is 96.5 Å². The van der Waals surface area contributed by atoms with Gasteiger partial charge in [0.1, 0.15) is 6.26 Å². The fraction of sp³-hybridized carbons (Fsp3) is 0.375. The molecule has 0 fully saturated rings. The largest absolute Gasteiger partial charge is 0.368 e. The monoisotopic (exact) mass is 260 g/mol. The Balaban J connectivity index is 2.68. The summed E-state index contributed by atoms with van der Waals surface area (Å²) in [6.07, 6.45) is 2.62. The third kappa shape index (κ3) is 2.05. The molecule has 17 heavy (non-hydrogen) atoms. The fourth-order valence-corrected chi connectivity index (χ4v) is 2.09. The highest BCUT2D eigenvalue weighted by Gasteiger charge is 2.26. The van der Waals surface area contributed by atoms with Crippen molar-refractivity contribution >= 4 is 10.2 Å². The van der Waals surface area contributed by atoms with Gasteiger partial charge < -0.3 is 4.52 Å². The second-order valence-corrected chi connectivity index (χ2v) is 4.86. The van der Waals surface area contributed by atoms with Gasteiger partial charge in [-0.15, -0.1) is 10.2 Å². The molecule has 0 bridgehead atoms. The SMILES string of the molecule is CC(C)n1c(-c2cnoc2)nnc1S(=O)(=O)F. The van der Waals surface area contributed by atoms with Crippen LogP contribution in [0.3, 0.4) is 0 Å². The van der Waals surface area contributed by atoms with Crippen LogP contribution in [0, 0.1) is 0 Å². The van der Waals surface area contributed by atoms with E-state index in [1.807, 2.05) is 0 Å². The van der Waals surface area contributed by atoms with Crippen molar-refractivity contribution in [3.63, 3.8) is 0 Å². The predicted molar refractivity (Wildman–Crippen MR) is 54.2 cm³/mol. The van der Waals surface area contributed by atoms with Gasteiger partial charge in [-0.3, -0.25) is 4.57 Å². The Kier molecular flexibility index (Phi) is 2.69. The van der Waals surface area contributed by atoms with Gasteiger partial charge in [0.15, 0.2) is 5.82 Å². The summed E-state index contributed by atoms with van der Waals surface area (Å²) < 4.78 is 40.6. The summed E-state index contributed by atoms with van der Waals surface area (Å²) in [5.74, 6) is 0.192. The Bertz CT molecular complexity index is 617. The zero-order chi connectivity index (χ0) is 12.6. The minimum Gasteiger partial charge on any atom is -0.364 e. The molecule has 9 heteroatoms. The van der Waals surface area contributed by atoms with Gasteiger partial charge in [-0.2, -0.15) is 8.42 Å². The van der Waals surface area contributed by atoms with Crippen molar-refractivity contribution in [1.82, 2.24) is 19.9 Å². The van der Waals surface area contributed by atoms with Gasteiger partial charge in [0.2, 0.25) is 0 Å². The minimum absolute atomic E-state index is 0.192. The van der Waals surface area contributed by atoms with E-state index in [4.69, 9.17) is 0 Å². The first kappa shape index (κ1) is 11.7. The molecule has 0 amide bonds. The molecule has 92 valence electrons. The molecule has 0 atom stereocenters. The lowest BCUT2D eigenvalue weighted by atomic mass is 10.3. The van der Waals surface area contributed by atoms with Crippen LogP contribution < -0.4 is 0 Å². The first-order valence-electron chi connectivity index (χ1n) is 4.70. The number of halogens is 1. The third-order valence-corrected chi connectivity index (χ3v) is 2.80. The van der Waals surface area contributed by atoms with Crippen LogP contribution in [0.5, 0.6) is 0 Å². The van der Waals surface area contributed by atoms with Crippen molar-refractivity contribution in [1.29, 1.82) is 0 Å². The van der Waals surface area contributed by atoms with Crippen LogP contribution in [-0.2, 0) is 10.2 Å². The van der Waals surface area contributed by atoms with Gasteiger partial charge in [-0.05, 0) is 13.8 Å². The van der Waals surface area contributed by atoms with Crippen LogP contribution in [-0.4, -0.2) is 28.3 Å². The fourth-order valence-electron chi connectivity index (χ4n) is 1.42. The summed E-state index contributed by atoms with van der Waals surface area (Å²) >= 11 is 0. The Morgan fingerprint density at radius 1 is 1.41 bits per heavy atom. The molecule has 2 aromatic rings. The molecule has 0 spiro atoms. The second kappa shape index (κ2) is 3.91. The molecule has 7 nitrogen and oxygen atoms in total. The van der Waals surface area contributed by atoms with Crippen LogP contribution in [0.1, 0.15) is 19.9 Å². The summed E-state index contributed by atoms with van der Waals surface area (Å²) in [4.78, 5) is 0. The highest BCUT2D eigenvalue weighted by atomic mass is 32.3. The van der Waals surface area contributed by atoms with Crippen molar-refractivity contribution in [2.24, 2.45) is 0 Å². The van der Waals surface area contributed by atoms with Crippen molar-refractivity contribution in [2.45, 2.75) is 25.0 Å². The zero-order valence-electron chi connectivity index (χ0n) is 9.03. The van der Waals surface area contributed by atoms with E-state index in [2.05, 4.69) is 19.9 Å². The summed E-state index contributed by atoms with van der Waals surface area (Å²) in [5, 5.41) is 9.74. The molecular weight excluding hydrogens is 251 g/mol. The Morgan fingerprint density at radius 2 is 2.12 bits per heavy atom. The molecule has 0 aromatic carbocycles. The van der Waals surface area contributed by atoms with Crippen molar-refractivity contribution < 1.29 is 16.8 Å². The molecule has 2 rings (SSSR count). The maximum absolute atomic E-state index is 13.0. The van der Waals surface area contributed by atoms with Gasteiger partial charge in [-0.25, -0.2) is 0 Å². The average molecular weight is 260 g/mol. The molecule has 0 saturated heterocycles. The molecule has 0 aliphatic heterocycles. The summed E-state index contributed by atoms with van der Waals surface area (Å²) in [5.41, 5.74) is 0.432. The lowest BCUT2D eigenvalue weighted by Gasteiger charge is -2.10. The second-order valence-electron chi connectivity index (χ2n) is 3.62. The molecule has 0 aliphatic rings. The molecule has 0 aliphatic carbocycles. The van der Waals surface area contributed by atoms with Gasteiger partial charge in [-0.1, -0.05) is 9.04 Å². The van der Waals surface area contributed by atoms with E-state index in [1.54, 1.807) is 13.8 Å². The van der Waals surface area contributed by atoms with Crippen molar-refractivity contribution in [2.75, 3.05) is 0 Å². The normalized spacial score (nSPS) is 12.2. The highest BCUT2D eigenvalue weighted by Crippen LogP contribution is 2.24. The average Bonchev–Trinajstić information content (AvgIpc) is 2.84. The first-order valence-corrected chi connectivity index (χ1v) is 6.09. The molecule has 0 radical (unpaired) electrons. The summed E-state index contributed by atoms with van der Waals surface area (Å²) in [6.45, 7) is 3.38. The topological polar surface area (TPSA) is 90.9 Å². The van der Waals surface area contributed by atoms with E-state index in [9.17, 15) is 12.3 Å². The molecule has 0 N–H and O–H groups in total. The van der Waals surface area contributed by atoms with E-state index in [-0.39, 0.29) is 11.9 Å². The van der Waals surface area contributed by atoms with E-state index < -0.39 is 15.4 Å². The molecule has 0 saturated carbocycles. The lowest BCUT2D eigenvalue weighted by Crippen LogP contribution is -2.10. The van der Waals surface area contributed by atoms with Gasteiger partial charge >= 0.3 is 10.2 Å². The van der Waals surface area contributed by atoms with Crippen molar-refractivity contribution in [3.05, 3.63) is 12.5 Å². The summed E-state index contributed by atoms with van der Waals surface area (Å²) in [7, 11) is -4.91. The minimum atomic E-state index is -4.91. The Morgan fingerprint density at radius 3 is 2.59 bits per heavy atom. The molecule has 2 heterocycles. The van der Waals surface area contributed by atoms with E-state index in [0.717, 1.165) is 0 Å². The van der Waals surface area contributed by atoms with Crippen LogP contribution in [0.4, 0.5) is 3.89 Å². The van der Waals surface area contributed by atoms with Crippen molar-refractivity contribution in [3.8, 4) is 11.4 Å². The van der Waals surface area contributed by atoms with E-state index in [1.165, 1.54) is 17.0 Å². The third-order valence-electron chi connectivity index (χ3n) is 2.09. The van der Waals surface area contributed by atoms with Gasteiger partial charge in [0.05, 0.1) is 11.8 Å². The molecule has 2 aromatic heterocycles. The number of aromatic nitrogens is 4. The van der Waals surface area contributed by atoms with Gasteiger partial charge in [0.25, 0.3) is 5.16 Å². The van der Waals surface area contributed by atoms with Crippen LogP contribution in [0.2, 0.25) is 0 Å². The van der Waals surface area contributed by atoms with E-state index >= 15 is 0 Å². The maximum atomic E-state index is 13.0. The van der Waals surface area contributed by atoms with Crippen LogP contribution in [0.15, 0.2) is 22.1 Å². The zero-order valence-corrected chi connectivity index (χ0v) is 9.85. The first-order chi connectivity index (χ1) is 7.91. The smallest absolute Gasteiger partial charge is 0.364 e. The number of rotatable bonds is 3. The quantitative estimate of drug-likeness (QED) is 0.769. The Hall–Kier alpha value is -1.77. The van der Waals surface area contributed by atoms with Crippen LogP contribution in [0.25, 0.3) is 11.4 Å². The summed E-state index contributed by atoms with van der Waals surface area (Å²) in [6, 6.07) is -0.324. The number of nitrogens with zero attached hydrogens (tertiary/aromatic N) is 4. The lowest BCUT2D eigenvalue weighted by molar-refractivity contribution is 0.420. The van der Waals surface area contributed by atoms with E-state index in [0.29, 0.717) is 5.56 Å². The molecular formula is C8H9FN4O3S. The standard InChI is InChI=1S/C8H9FN4O3S/c1-5(2)13-7(6-3-10-16-4-6)11-12-8(13)17(9,14)15/h3-5H,1-2H3.